The number of ether oxygens (including phenoxy) is 3. The molecule has 0 saturated heterocycles. The van der Waals surface area contributed by atoms with Crippen LogP contribution in [0.25, 0.3) is 17.5 Å². The van der Waals surface area contributed by atoms with Gasteiger partial charge in [-0.05, 0) is 29.8 Å². The number of methoxy groups -OCH3 is 1. The zero-order chi connectivity index (χ0) is 24.6. The van der Waals surface area contributed by atoms with E-state index >= 15 is 0 Å². The van der Waals surface area contributed by atoms with Crippen LogP contribution < -0.4 is 14.2 Å². The number of alkyl halides is 2. The summed E-state index contributed by atoms with van der Waals surface area (Å²) in [6.45, 7) is -4.03. The van der Waals surface area contributed by atoms with Gasteiger partial charge in [-0.15, -0.1) is 0 Å². The number of nitrogens with one attached hydrogen (secondary N) is 1. The Balaban J connectivity index is 1.52. The van der Waals surface area contributed by atoms with Crippen LogP contribution in [0.5, 0.6) is 11.5 Å². The van der Waals surface area contributed by atoms with Gasteiger partial charge >= 0.3 is 12.6 Å². The molecule has 1 aromatic heterocycles. The molecule has 0 atom stereocenters. The number of hydrogen-bond donors (Lipinski definition) is 1. The summed E-state index contributed by atoms with van der Waals surface area (Å²) in [6.07, 6.45) is 1.38. The Kier molecular flexibility index (Phi) is 8.27. The quantitative estimate of drug-likeness (QED) is 0.399. The van der Waals surface area contributed by atoms with Crippen molar-refractivity contribution in [1.29, 1.82) is 0 Å². The summed E-state index contributed by atoms with van der Waals surface area (Å²) < 4.78 is 70.2. The number of carbonyl (C=O) groups is 1. The van der Waals surface area contributed by atoms with Crippen LogP contribution in [0, 0.1) is 0 Å². The van der Waals surface area contributed by atoms with E-state index in [0.717, 1.165) is 5.41 Å². The first-order chi connectivity index (χ1) is 16.3. The Labute approximate surface area is 193 Å². The average molecular weight is 495 g/mol. The van der Waals surface area contributed by atoms with Crippen molar-refractivity contribution in [2.75, 3.05) is 13.7 Å². The molecule has 180 valence electrons. The molecule has 10 nitrogen and oxygen atoms in total. The van der Waals surface area contributed by atoms with E-state index in [0.29, 0.717) is 11.1 Å². The molecule has 3 aromatic rings. The lowest BCUT2D eigenvalue weighted by atomic mass is 10.2. The Morgan fingerprint density at radius 2 is 1.94 bits per heavy atom. The molecule has 0 bridgehead atoms. The molecule has 0 spiro atoms. The van der Waals surface area contributed by atoms with E-state index in [2.05, 4.69) is 19.6 Å². The Bertz CT molecular complexity index is 1250. The Morgan fingerprint density at radius 3 is 2.65 bits per heavy atom. The third-order valence-corrected chi connectivity index (χ3v) is 5.16. The molecule has 0 unspecified atom stereocenters. The number of benzene rings is 2. The van der Waals surface area contributed by atoms with Gasteiger partial charge in [0.05, 0.1) is 7.11 Å². The summed E-state index contributed by atoms with van der Waals surface area (Å²) in [6, 6.07) is 12.8. The third kappa shape index (κ3) is 7.35. The summed E-state index contributed by atoms with van der Waals surface area (Å²) in [7, 11) is -2.58. The Hall–Kier alpha value is -3.84. The fourth-order valence-electron chi connectivity index (χ4n) is 2.56. The van der Waals surface area contributed by atoms with Crippen molar-refractivity contribution in [2.24, 2.45) is 0 Å². The molecule has 0 saturated carbocycles. The van der Waals surface area contributed by atoms with Crippen LogP contribution in [0.3, 0.4) is 0 Å². The molecular formula is C21H19F2N3O7S. The number of aromatic nitrogens is 2. The van der Waals surface area contributed by atoms with Crippen LogP contribution in [-0.4, -0.2) is 44.8 Å². The second-order valence-electron chi connectivity index (χ2n) is 6.50. The van der Waals surface area contributed by atoms with Gasteiger partial charge < -0.3 is 18.7 Å². The smallest absolute Gasteiger partial charge is 0.387 e. The van der Waals surface area contributed by atoms with E-state index in [1.165, 1.54) is 31.4 Å². The van der Waals surface area contributed by atoms with E-state index < -0.39 is 35.8 Å². The van der Waals surface area contributed by atoms with Crippen LogP contribution in [0.4, 0.5) is 8.78 Å². The molecule has 0 aliphatic carbocycles. The first-order valence-corrected chi connectivity index (χ1v) is 11.1. The van der Waals surface area contributed by atoms with Gasteiger partial charge in [0.1, 0.15) is 6.54 Å². The second-order valence-corrected chi connectivity index (χ2v) is 8.15. The van der Waals surface area contributed by atoms with Crippen LogP contribution in [0.15, 0.2) is 58.5 Å². The van der Waals surface area contributed by atoms with Crippen LogP contribution in [0.2, 0.25) is 0 Å². The van der Waals surface area contributed by atoms with Gasteiger partial charge in [0.2, 0.25) is 15.8 Å². The minimum Gasteiger partial charge on any atom is -0.493 e. The molecule has 1 heterocycles. The lowest BCUT2D eigenvalue weighted by Crippen LogP contribution is -2.29. The van der Waals surface area contributed by atoms with Crippen molar-refractivity contribution in [3.05, 3.63) is 65.4 Å². The second kappa shape index (κ2) is 11.3. The number of esters is 1. The van der Waals surface area contributed by atoms with Gasteiger partial charge in [-0.25, -0.2) is 13.1 Å². The van der Waals surface area contributed by atoms with Gasteiger partial charge in [0.15, 0.2) is 18.1 Å². The van der Waals surface area contributed by atoms with Crippen molar-refractivity contribution in [1.82, 2.24) is 14.9 Å². The number of nitrogens with zero attached hydrogens (tertiary/aromatic N) is 2. The highest BCUT2D eigenvalue weighted by atomic mass is 32.2. The molecule has 34 heavy (non-hydrogen) atoms. The first kappa shape index (κ1) is 24.8. The summed E-state index contributed by atoms with van der Waals surface area (Å²) in [5, 5.41) is 4.66. The van der Waals surface area contributed by atoms with Gasteiger partial charge in [-0.3, -0.25) is 4.79 Å². The normalized spacial score (nSPS) is 11.6. The number of carbonyl (C=O) groups excluding carboxylic acids is 1. The van der Waals surface area contributed by atoms with Crippen molar-refractivity contribution in [3.63, 3.8) is 0 Å². The molecule has 0 aliphatic heterocycles. The van der Waals surface area contributed by atoms with Crippen molar-refractivity contribution >= 4 is 22.1 Å². The minimum absolute atomic E-state index is 0.0316. The molecule has 3 rings (SSSR count). The maximum absolute atomic E-state index is 12.4. The lowest BCUT2D eigenvalue weighted by molar-refractivity contribution is -0.144. The van der Waals surface area contributed by atoms with Crippen molar-refractivity contribution < 1.29 is 40.7 Å². The third-order valence-electron chi connectivity index (χ3n) is 4.12. The van der Waals surface area contributed by atoms with Gasteiger partial charge in [-0.2, -0.15) is 13.8 Å². The highest BCUT2D eigenvalue weighted by Gasteiger charge is 2.16. The molecular weight excluding hydrogens is 476 g/mol. The van der Waals surface area contributed by atoms with Gasteiger partial charge in [-0.1, -0.05) is 35.5 Å². The molecule has 0 fully saturated rings. The predicted molar refractivity (Wildman–Crippen MR) is 115 cm³/mol. The molecule has 0 amide bonds. The molecule has 1 N–H and O–H groups in total. The first-order valence-electron chi connectivity index (χ1n) is 9.60. The highest BCUT2D eigenvalue weighted by molar-refractivity contribution is 7.92. The zero-order valence-electron chi connectivity index (χ0n) is 17.7. The van der Waals surface area contributed by atoms with Crippen molar-refractivity contribution in [3.8, 4) is 22.9 Å². The summed E-state index contributed by atoms with van der Waals surface area (Å²) >= 11 is 0. The van der Waals surface area contributed by atoms with Gasteiger partial charge in [0.25, 0.3) is 5.89 Å². The van der Waals surface area contributed by atoms with E-state index in [1.807, 2.05) is 0 Å². The maximum Gasteiger partial charge on any atom is 0.387 e. The summed E-state index contributed by atoms with van der Waals surface area (Å²) in [5.41, 5.74) is 1.05. The van der Waals surface area contributed by atoms with E-state index in [1.54, 1.807) is 30.3 Å². The monoisotopic (exact) mass is 495 g/mol. The highest BCUT2D eigenvalue weighted by Crippen LogP contribution is 2.32. The lowest BCUT2D eigenvalue weighted by Gasteiger charge is -2.10. The molecule has 2 aromatic carbocycles. The van der Waals surface area contributed by atoms with Crippen LogP contribution >= 0.6 is 0 Å². The molecule has 13 heteroatoms. The van der Waals surface area contributed by atoms with E-state index in [9.17, 15) is 22.0 Å². The van der Waals surface area contributed by atoms with Crippen LogP contribution in [-0.2, 0) is 26.2 Å². The largest absolute Gasteiger partial charge is 0.493 e. The summed E-state index contributed by atoms with van der Waals surface area (Å²) in [4.78, 5) is 15.9. The van der Waals surface area contributed by atoms with Crippen molar-refractivity contribution in [2.45, 2.75) is 13.2 Å². The average Bonchev–Trinajstić information content (AvgIpc) is 3.30. The minimum atomic E-state index is -3.86. The fourth-order valence-corrected chi connectivity index (χ4v) is 3.32. The fraction of sp³-hybridized carbons (Fsp3) is 0.190. The number of halogens is 2. The summed E-state index contributed by atoms with van der Waals surface area (Å²) in [5.74, 6) is -0.988. The maximum atomic E-state index is 12.4. The van der Waals surface area contributed by atoms with E-state index in [-0.39, 0.29) is 23.2 Å². The zero-order valence-corrected chi connectivity index (χ0v) is 18.5. The number of hydrogen-bond acceptors (Lipinski definition) is 9. The number of rotatable bonds is 11. The Morgan fingerprint density at radius 1 is 1.18 bits per heavy atom. The predicted octanol–water partition coefficient (Wildman–Crippen LogP) is 2.98. The molecule has 0 radical (unpaired) electrons. The van der Waals surface area contributed by atoms with Crippen LogP contribution in [0.1, 0.15) is 11.5 Å². The SMILES string of the molecule is COc1cc(-c2noc(COC(=O)CNS(=O)(=O)/C=C/c3ccccc3)n2)ccc1OC(F)F. The molecule has 0 aliphatic rings. The number of sulfonamides is 1. The topological polar surface area (TPSA) is 130 Å². The van der Waals surface area contributed by atoms with Gasteiger partial charge in [0, 0.05) is 11.0 Å². The van der Waals surface area contributed by atoms with E-state index in [4.69, 9.17) is 14.0 Å². The standard InChI is InChI=1S/C21H19F2N3O7S/c1-30-17-11-15(7-8-16(17)32-21(22)23)20-25-18(33-26-20)13-31-19(27)12-24-34(28,29)10-9-14-5-3-2-4-6-14/h2-11,21,24H,12-13H2,1H3/b10-9+.